The number of aryl methyl sites for hydroxylation is 1. The van der Waals surface area contributed by atoms with Crippen LogP contribution in [0.1, 0.15) is 29.3 Å². The molecule has 4 aromatic heterocycles. The number of nitrogens with one attached hydrogen (secondary N) is 2. The maximum atomic E-state index is 12.7. The van der Waals surface area contributed by atoms with Crippen LogP contribution in [0.4, 0.5) is 16.2 Å². The largest absolute Gasteiger partial charge is 0.493 e. The van der Waals surface area contributed by atoms with Crippen LogP contribution in [0, 0.1) is 6.92 Å². The molecule has 0 unspecified atom stereocenters. The van der Waals surface area contributed by atoms with Gasteiger partial charge in [-0.2, -0.15) is 10.2 Å². The second-order valence-corrected chi connectivity index (χ2v) is 8.08. The fourth-order valence-electron chi connectivity index (χ4n) is 3.30. The number of fused-ring (bicyclic) bond motifs is 1. The van der Waals surface area contributed by atoms with Crippen LogP contribution in [-0.2, 0) is 0 Å². The molecule has 4 heterocycles. The number of carbonyl (C=O) groups excluding carboxylic acids is 1. The molecule has 1 saturated carbocycles. The number of urea groups is 1. The second-order valence-electron chi connectivity index (χ2n) is 6.89. The summed E-state index contributed by atoms with van der Waals surface area (Å²) in [5, 5.41) is 14.8. The first-order valence-electron chi connectivity index (χ1n) is 9.37. The molecule has 2 amide bonds. The lowest BCUT2D eigenvalue weighted by Crippen LogP contribution is -2.21. The van der Waals surface area contributed by atoms with Crippen LogP contribution < -0.4 is 15.4 Å². The predicted molar refractivity (Wildman–Crippen MR) is 112 cm³/mol. The van der Waals surface area contributed by atoms with E-state index in [1.807, 2.05) is 6.92 Å². The molecule has 0 radical (unpaired) electrons. The van der Waals surface area contributed by atoms with Gasteiger partial charge in [-0.3, -0.25) is 0 Å². The highest BCUT2D eigenvalue weighted by molar-refractivity contribution is 7.18. The number of rotatable bonds is 5. The number of hydrogen-bond donors (Lipinski definition) is 2. The molecular formula is C19H18N8O2S. The third kappa shape index (κ3) is 3.43. The number of pyridine rings is 2. The van der Waals surface area contributed by atoms with Gasteiger partial charge in [-0.15, -0.1) is 4.80 Å². The first kappa shape index (κ1) is 18.4. The van der Waals surface area contributed by atoms with Gasteiger partial charge in [-0.1, -0.05) is 11.3 Å². The normalized spacial score (nSPS) is 13.4. The number of carbonyl (C=O) groups is 1. The number of amides is 2. The lowest BCUT2D eigenvalue weighted by molar-refractivity contribution is 0.262. The molecule has 10 nitrogen and oxygen atoms in total. The molecule has 5 rings (SSSR count). The summed E-state index contributed by atoms with van der Waals surface area (Å²) in [6.07, 6.45) is 8.51. The standard InChI is InChI=1S/C19H18N8O2S/c1-10-24-16-15(11-3-4-11)13(9-21-18(16)30-10)26-19(28)25-12-7-14(29-2)17(20-8-12)27-22-5-6-23-27/h5-9,11H,3-4H2,1-2H3,(H2,25,26,28). The van der Waals surface area contributed by atoms with E-state index in [2.05, 4.69) is 35.8 Å². The van der Waals surface area contributed by atoms with Gasteiger partial charge in [0.25, 0.3) is 0 Å². The minimum atomic E-state index is -0.390. The van der Waals surface area contributed by atoms with Crippen LogP contribution in [0.25, 0.3) is 16.2 Å². The van der Waals surface area contributed by atoms with Crippen LogP contribution in [-0.4, -0.2) is 43.1 Å². The minimum absolute atomic E-state index is 0.390. The van der Waals surface area contributed by atoms with Crippen molar-refractivity contribution in [2.75, 3.05) is 17.7 Å². The Morgan fingerprint density at radius 2 is 2.00 bits per heavy atom. The summed E-state index contributed by atoms with van der Waals surface area (Å²) >= 11 is 1.56. The molecule has 30 heavy (non-hydrogen) atoms. The quantitative estimate of drug-likeness (QED) is 0.505. The highest BCUT2D eigenvalue weighted by Crippen LogP contribution is 2.46. The van der Waals surface area contributed by atoms with E-state index >= 15 is 0 Å². The summed E-state index contributed by atoms with van der Waals surface area (Å²) in [5.41, 5.74) is 3.12. The predicted octanol–water partition coefficient (Wildman–Crippen LogP) is 3.51. The Kier molecular flexibility index (Phi) is 4.51. The Morgan fingerprint density at radius 1 is 1.20 bits per heavy atom. The lowest BCUT2D eigenvalue weighted by atomic mass is 10.1. The van der Waals surface area contributed by atoms with Crippen LogP contribution in [0.15, 0.2) is 30.9 Å². The summed E-state index contributed by atoms with van der Waals surface area (Å²) in [4.78, 5) is 28.3. The summed E-state index contributed by atoms with van der Waals surface area (Å²) in [7, 11) is 1.52. The Hall–Kier alpha value is -3.60. The van der Waals surface area contributed by atoms with Crippen molar-refractivity contribution in [3.8, 4) is 11.6 Å². The van der Waals surface area contributed by atoms with E-state index < -0.39 is 0 Å². The van der Waals surface area contributed by atoms with Crippen molar-refractivity contribution in [2.45, 2.75) is 25.7 Å². The summed E-state index contributed by atoms with van der Waals surface area (Å²) in [6, 6.07) is 1.28. The van der Waals surface area contributed by atoms with Gasteiger partial charge in [0.05, 0.1) is 48.3 Å². The van der Waals surface area contributed by atoms with Crippen LogP contribution in [0.5, 0.6) is 5.75 Å². The molecule has 0 atom stereocenters. The van der Waals surface area contributed by atoms with Gasteiger partial charge >= 0.3 is 6.03 Å². The van der Waals surface area contributed by atoms with E-state index in [0.29, 0.717) is 28.9 Å². The third-order valence-corrected chi connectivity index (χ3v) is 5.60. The first-order valence-corrected chi connectivity index (χ1v) is 10.2. The van der Waals surface area contributed by atoms with Crippen molar-refractivity contribution >= 4 is 39.1 Å². The van der Waals surface area contributed by atoms with Crippen molar-refractivity contribution in [3.05, 3.63) is 41.4 Å². The molecule has 0 spiro atoms. The minimum Gasteiger partial charge on any atom is -0.493 e. The van der Waals surface area contributed by atoms with Crippen molar-refractivity contribution in [3.63, 3.8) is 0 Å². The molecule has 11 heteroatoms. The average molecular weight is 422 g/mol. The smallest absolute Gasteiger partial charge is 0.323 e. The number of nitrogens with zero attached hydrogens (tertiary/aromatic N) is 6. The zero-order chi connectivity index (χ0) is 20.7. The average Bonchev–Trinajstić information content (AvgIpc) is 3.27. The van der Waals surface area contributed by atoms with Gasteiger partial charge in [0.1, 0.15) is 10.3 Å². The molecular weight excluding hydrogens is 404 g/mol. The molecule has 1 aliphatic carbocycles. The molecule has 0 aromatic carbocycles. The monoisotopic (exact) mass is 422 g/mol. The van der Waals surface area contributed by atoms with Gasteiger partial charge in [-0.25, -0.2) is 19.7 Å². The molecule has 0 saturated heterocycles. The van der Waals surface area contributed by atoms with Crippen LogP contribution >= 0.6 is 11.3 Å². The van der Waals surface area contributed by atoms with Gasteiger partial charge in [-0.05, 0) is 25.7 Å². The Bertz CT molecular complexity index is 1230. The van der Waals surface area contributed by atoms with E-state index in [4.69, 9.17) is 4.74 Å². The zero-order valence-electron chi connectivity index (χ0n) is 16.3. The van der Waals surface area contributed by atoms with Gasteiger partial charge in [0.2, 0.25) is 5.82 Å². The first-order chi connectivity index (χ1) is 14.6. The van der Waals surface area contributed by atoms with Crippen molar-refractivity contribution < 1.29 is 9.53 Å². The van der Waals surface area contributed by atoms with Crippen LogP contribution in [0.3, 0.4) is 0 Å². The Labute approximate surface area is 175 Å². The molecule has 0 aliphatic heterocycles. The van der Waals surface area contributed by atoms with Crippen molar-refractivity contribution in [2.24, 2.45) is 0 Å². The molecule has 1 fully saturated rings. The molecule has 1 aliphatic rings. The maximum absolute atomic E-state index is 12.7. The van der Waals surface area contributed by atoms with Crippen molar-refractivity contribution in [1.29, 1.82) is 0 Å². The maximum Gasteiger partial charge on any atom is 0.323 e. The van der Waals surface area contributed by atoms with E-state index in [-0.39, 0.29) is 6.03 Å². The number of methoxy groups -OCH3 is 1. The van der Waals surface area contributed by atoms with Gasteiger partial charge < -0.3 is 15.4 Å². The fourth-order valence-corrected chi connectivity index (χ4v) is 4.07. The number of aromatic nitrogens is 6. The summed E-state index contributed by atoms with van der Waals surface area (Å²) < 4.78 is 5.37. The Morgan fingerprint density at radius 3 is 2.73 bits per heavy atom. The number of thiazole rings is 1. The number of ether oxygens (including phenoxy) is 1. The fraction of sp³-hybridized carbons (Fsp3) is 0.263. The van der Waals surface area contributed by atoms with E-state index in [9.17, 15) is 4.79 Å². The summed E-state index contributed by atoms with van der Waals surface area (Å²) in [6.45, 7) is 1.96. The topological polar surface area (TPSA) is 120 Å². The summed E-state index contributed by atoms with van der Waals surface area (Å²) in [5.74, 6) is 1.27. The van der Waals surface area contributed by atoms with E-state index in [1.165, 1.54) is 18.1 Å². The highest BCUT2D eigenvalue weighted by Gasteiger charge is 2.30. The highest BCUT2D eigenvalue weighted by atomic mass is 32.1. The van der Waals surface area contributed by atoms with Gasteiger partial charge in [0, 0.05) is 11.6 Å². The SMILES string of the molecule is COc1cc(NC(=O)Nc2cnc3sc(C)nc3c2C2CC2)cnc1-n1nccn1. The zero-order valence-corrected chi connectivity index (χ0v) is 17.1. The number of anilines is 2. The molecule has 2 N–H and O–H groups in total. The molecule has 0 bridgehead atoms. The lowest BCUT2D eigenvalue weighted by Gasteiger charge is -2.13. The molecule has 4 aromatic rings. The Balaban J connectivity index is 1.38. The third-order valence-electron chi connectivity index (χ3n) is 4.73. The van der Waals surface area contributed by atoms with E-state index in [0.717, 1.165) is 33.8 Å². The van der Waals surface area contributed by atoms with Gasteiger partial charge in [0.15, 0.2) is 5.75 Å². The van der Waals surface area contributed by atoms with Crippen molar-refractivity contribution in [1.82, 2.24) is 29.9 Å². The molecule has 152 valence electrons. The second kappa shape index (κ2) is 7.34. The number of hydrogen-bond acceptors (Lipinski definition) is 8. The van der Waals surface area contributed by atoms with E-state index in [1.54, 1.807) is 36.0 Å². The van der Waals surface area contributed by atoms with Crippen LogP contribution in [0.2, 0.25) is 0 Å².